The summed E-state index contributed by atoms with van der Waals surface area (Å²) in [6.45, 7) is 0. The summed E-state index contributed by atoms with van der Waals surface area (Å²) in [7, 11) is 11.1. The van der Waals surface area contributed by atoms with Crippen LogP contribution in [0.2, 0.25) is 0 Å². The first kappa shape index (κ1) is 28.1. The molecular formula is C28H37NO8. The minimum absolute atomic E-state index is 0.0121. The van der Waals surface area contributed by atoms with Crippen molar-refractivity contribution in [1.29, 1.82) is 0 Å². The van der Waals surface area contributed by atoms with Gasteiger partial charge in [0.1, 0.15) is 0 Å². The largest absolute Gasteiger partial charge is 0.493 e. The highest BCUT2D eigenvalue weighted by Crippen LogP contribution is 2.40. The van der Waals surface area contributed by atoms with Crippen molar-refractivity contribution in [1.82, 2.24) is 4.90 Å². The number of benzene rings is 2. The lowest BCUT2D eigenvalue weighted by Crippen LogP contribution is -2.45. The predicted molar refractivity (Wildman–Crippen MR) is 139 cm³/mol. The van der Waals surface area contributed by atoms with Gasteiger partial charge in [-0.15, -0.1) is 0 Å². The van der Waals surface area contributed by atoms with Crippen LogP contribution in [0.5, 0.6) is 34.5 Å². The highest BCUT2D eigenvalue weighted by Gasteiger charge is 2.32. The average Bonchev–Trinajstić information content (AvgIpc) is 2.92. The summed E-state index contributed by atoms with van der Waals surface area (Å²) in [5.74, 6) is 2.61. The zero-order valence-corrected chi connectivity index (χ0v) is 22.7. The number of methoxy groups -OCH3 is 6. The van der Waals surface area contributed by atoms with Gasteiger partial charge in [0, 0.05) is 36.1 Å². The standard InChI is InChI=1S/C28H37NO8/c1-29-19(15-21(30)17-11-23(32-2)27(36-6)24(12-17)33-3)9-8-10-20(29)16-22(31)18-13-25(34-4)28(37-7)26(14-18)35-5/h11-14,19-20H,8-10,15-16H2,1-7H3/t19-,20-/m0/s1. The Hall–Kier alpha value is -3.46. The van der Waals surface area contributed by atoms with Crippen molar-refractivity contribution >= 4 is 11.6 Å². The number of nitrogens with zero attached hydrogens (tertiary/aromatic N) is 1. The van der Waals surface area contributed by atoms with E-state index >= 15 is 0 Å². The minimum Gasteiger partial charge on any atom is -0.493 e. The van der Waals surface area contributed by atoms with Crippen molar-refractivity contribution in [3.8, 4) is 34.5 Å². The maximum atomic E-state index is 13.3. The van der Waals surface area contributed by atoms with Crippen molar-refractivity contribution in [2.24, 2.45) is 0 Å². The highest BCUT2D eigenvalue weighted by atomic mass is 16.5. The summed E-state index contributed by atoms with van der Waals surface area (Å²) in [6, 6.07) is 6.74. The third-order valence-corrected chi connectivity index (χ3v) is 7.04. The number of carbonyl (C=O) groups is 2. The molecule has 0 saturated carbocycles. The zero-order valence-electron chi connectivity index (χ0n) is 22.7. The van der Waals surface area contributed by atoms with E-state index in [1.807, 2.05) is 7.05 Å². The lowest BCUT2D eigenvalue weighted by atomic mass is 9.88. The van der Waals surface area contributed by atoms with E-state index in [1.165, 1.54) is 42.7 Å². The van der Waals surface area contributed by atoms with E-state index < -0.39 is 0 Å². The maximum Gasteiger partial charge on any atom is 0.203 e. The molecule has 9 heteroatoms. The molecule has 37 heavy (non-hydrogen) atoms. The summed E-state index contributed by atoms with van der Waals surface area (Å²) < 4.78 is 32.3. The van der Waals surface area contributed by atoms with Crippen LogP contribution in [0.4, 0.5) is 0 Å². The molecule has 0 unspecified atom stereocenters. The number of ketones is 2. The van der Waals surface area contributed by atoms with Gasteiger partial charge in [0.25, 0.3) is 0 Å². The molecule has 1 aliphatic rings. The number of hydrogen-bond acceptors (Lipinski definition) is 9. The van der Waals surface area contributed by atoms with E-state index in [0.29, 0.717) is 58.5 Å². The van der Waals surface area contributed by atoms with Gasteiger partial charge < -0.3 is 28.4 Å². The third-order valence-electron chi connectivity index (χ3n) is 7.04. The molecular weight excluding hydrogens is 478 g/mol. The van der Waals surface area contributed by atoms with E-state index in [1.54, 1.807) is 24.3 Å². The lowest BCUT2D eigenvalue weighted by molar-refractivity contribution is 0.0723. The Morgan fingerprint density at radius 3 is 1.24 bits per heavy atom. The second kappa shape index (κ2) is 12.7. The van der Waals surface area contributed by atoms with Crippen LogP contribution in [0, 0.1) is 0 Å². The van der Waals surface area contributed by atoms with Crippen LogP contribution in [0.15, 0.2) is 24.3 Å². The van der Waals surface area contributed by atoms with Crippen molar-refractivity contribution in [2.45, 2.75) is 44.2 Å². The number of piperidine rings is 1. The minimum atomic E-state index is -0.0206. The first-order chi connectivity index (χ1) is 17.8. The van der Waals surface area contributed by atoms with Crippen LogP contribution in [-0.2, 0) is 0 Å². The van der Waals surface area contributed by atoms with Gasteiger partial charge in [-0.1, -0.05) is 6.42 Å². The fraction of sp³-hybridized carbons (Fsp3) is 0.500. The van der Waals surface area contributed by atoms with Crippen LogP contribution in [0.3, 0.4) is 0 Å². The molecule has 1 heterocycles. The van der Waals surface area contributed by atoms with E-state index in [2.05, 4.69) is 4.90 Å². The fourth-order valence-electron chi connectivity index (χ4n) is 4.93. The van der Waals surface area contributed by atoms with Crippen LogP contribution in [0.1, 0.15) is 52.8 Å². The van der Waals surface area contributed by atoms with Crippen molar-refractivity contribution in [2.75, 3.05) is 49.7 Å². The molecule has 2 aromatic carbocycles. The molecule has 0 amide bonds. The molecule has 0 spiro atoms. The van der Waals surface area contributed by atoms with Gasteiger partial charge in [-0.2, -0.15) is 0 Å². The molecule has 0 radical (unpaired) electrons. The molecule has 1 saturated heterocycles. The quantitative estimate of drug-likeness (QED) is 0.381. The first-order valence-electron chi connectivity index (χ1n) is 12.2. The molecule has 0 aliphatic carbocycles. The molecule has 1 aliphatic heterocycles. The van der Waals surface area contributed by atoms with E-state index in [-0.39, 0.29) is 23.7 Å². The predicted octanol–water partition coefficient (Wildman–Crippen LogP) is 4.44. The van der Waals surface area contributed by atoms with Gasteiger partial charge in [0.05, 0.1) is 42.7 Å². The summed E-state index contributed by atoms with van der Waals surface area (Å²) in [5, 5.41) is 0. The molecule has 1 fully saturated rings. The molecule has 0 N–H and O–H groups in total. The molecule has 0 bridgehead atoms. The van der Waals surface area contributed by atoms with Crippen molar-refractivity contribution in [3.63, 3.8) is 0 Å². The van der Waals surface area contributed by atoms with Crippen LogP contribution in [0.25, 0.3) is 0 Å². The molecule has 9 nitrogen and oxygen atoms in total. The van der Waals surface area contributed by atoms with E-state index in [0.717, 1.165) is 19.3 Å². The Balaban J connectivity index is 1.74. The molecule has 2 atom stereocenters. The normalized spacial score (nSPS) is 17.6. The molecule has 202 valence electrons. The van der Waals surface area contributed by atoms with Crippen LogP contribution in [-0.4, -0.2) is 78.3 Å². The molecule has 3 rings (SSSR count). The van der Waals surface area contributed by atoms with Crippen molar-refractivity contribution < 1.29 is 38.0 Å². The van der Waals surface area contributed by atoms with Crippen LogP contribution < -0.4 is 28.4 Å². The zero-order chi connectivity index (χ0) is 27.1. The molecule has 0 aromatic heterocycles. The number of carbonyl (C=O) groups excluding carboxylic acids is 2. The van der Waals surface area contributed by atoms with Gasteiger partial charge >= 0.3 is 0 Å². The monoisotopic (exact) mass is 515 g/mol. The number of Topliss-reactive ketones (excluding diaryl/α,β-unsaturated/α-hetero) is 2. The number of rotatable bonds is 12. The first-order valence-corrected chi connectivity index (χ1v) is 12.2. The fourth-order valence-corrected chi connectivity index (χ4v) is 4.93. The van der Waals surface area contributed by atoms with Gasteiger partial charge in [-0.3, -0.25) is 14.5 Å². The maximum absolute atomic E-state index is 13.3. The van der Waals surface area contributed by atoms with E-state index in [9.17, 15) is 9.59 Å². The summed E-state index contributed by atoms with van der Waals surface area (Å²) in [6.07, 6.45) is 3.34. The SMILES string of the molecule is COc1cc(C(=O)C[C@@H]2CCC[C@@H](CC(=O)c3cc(OC)c(OC)c(OC)c3)N2C)cc(OC)c1OC. The van der Waals surface area contributed by atoms with Gasteiger partial charge in [0.2, 0.25) is 11.5 Å². The summed E-state index contributed by atoms with van der Waals surface area (Å²) >= 11 is 0. The number of hydrogen-bond donors (Lipinski definition) is 0. The van der Waals surface area contributed by atoms with Crippen LogP contribution >= 0.6 is 0 Å². The molecule has 2 aromatic rings. The topological polar surface area (TPSA) is 92.8 Å². The summed E-state index contributed by atoms with van der Waals surface area (Å²) in [5.41, 5.74) is 0.997. The Kier molecular flexibility index (Phi) is 9.63. The Morgan fingerprint density at radius 2 is 0.973 bits per heavy atom. The van der Waals surface area contributed by atoms with Gasteiger partial charge in [0.15, 0.2) is 34.6 Å². The number of ether oxygens (including phenoxy) is 6. The third kappa shape index (κ3) is 6.10. The smallest absolute Gasteiger partial charge is 0.203 e. The highest BCUT2D eigenvalue weighted by molar-refractivity contribution is 5.98. The van der Waals surface area contributed by atoms with Gasteiger partial charge in [-0.25, -0.2) is 0 Å². The second-order valence-electron chi connectivity index (χ2n) is 8.99. The lowest BCUT2D eigenvalue weighted by Gasteiger charge is -2.39. The van der Waals surface area contributed by atoms with Crippen molar-refractivity contribution in [3.05, 3.63) is 35.4 Å². The van der Waals surface area contributed by atoms with Gasteiger partial charge in [-0.05, 0) is 44.2 Å². The Morgan fingerprint density at radius 1 is 0.649 bits per heavy atom. The Bertz CT molecular complexity index is 980. The summed E-state index contributed by atoms with van der Waals surface area (Å²) in [4.78, 5) is 28.7. The van der Waals surface area contributed by atoms with E-state index in [4.69, 9.17) is 28.4 Å². The average molecular weight is 516 g/mol. The Labute approximate surface area is 218 Å². The second-order valence-corrected chi connectivity index (χ2v) is 8.99. The number of likely N-dealkylation sites (tertiary alicyclic amines) is 1.